The summed E-state index contributed by atoms with van der Waals surface area (Å²) in [4.78, 5) is 7.75. The van der Waals surface area contributed by atoms with E-state index in [1.165, 1.54) is 12.3 Å². The van der Waals surface area contributed by atoms with Gasteiger partial charge in [0.25, 0.3) is 5.68 Å². The van der Waals surface area contributed by atoms with Crippen molar-refractivity contribution in [2.75, 3.05) is 11.9 Å². The van der Waals surface area contributed by atoms with Crippen LogP contribution in [0.3, 0.4) is 0 Å². The lowest BCUT2D eigenvalue weighted by Gasteiger charge is -2.29. The van der Waals surface area contributed by atoms with Crippen molar-refractivity contribution < 1.29 is 13.9 Å². The predicted molar refractivity (Wildman–Crippen MR) is 107 cm³/mol. The van der Waals surface area contributed by atoms with E-state index in [1.807, 2.05) is 18.2 Å². The number of anilines is 1. The number of para-hydroxylation sites is 1. The maximum atomic E-state index is 14.6. The minimum atomic E-state index is -1.14. The highest BCUT2D eigenvalue weighted by atomic mass is 35.5. The first-order chi connectivity index (χ1) is 13.9. The summed E-state index contributed by atoms with van der Waals surface area (Å²) in [5.41, 5.74) is 1.49. The Hall–Kier alpha value is -3.10. The summed E-state index contributed by atoms with van der Waals surface area (Å²) in [6.07, 6.45) is 3.13. The molecule has 4 aromatic rings. The summed E-state index contributed by atoms with van der Waals surface area (Å²) in [6.45, 7) is 1.71. The van der Waals surface area contributed by atoms with E-state index in [9.17, 15) is 9.50 Å². The lowest BCUT2D eigenvalue weighted by Crippen LogP contribution is -2.37. The van der Waals surface area contributed by atoms with Crippen molar-refractivity contribution in [2.24, 2.45) is 0 Å². The fourth-order valence-corrected chi connectivity index (χ4v) is 3.45. The maximum Gasteiger partial charge on any atom is 0.293 e. The Kier molecular flexibility index (Phi) is 4.89. The quantitative estimate of drug-likeness (QED) is 0.386. The molecule has 0 aliphatic heterocycles. The van der Waals surface area contributed by atoms with E-state index in [1.54, 1.807) is 29.8 Å². The molecule has 1 atom stereocenters. The van der Waals surface area contributed by atoms with Crippen LogP contribution in [0, 0.1) is 11.2 Å². The van der Waals surface area contributed by atoms with E-state index in [2.05, 4.69) is 15.3 Å². The van der Waals surface area contributed by atoms with Gasteiger partial charge in [0.05, 0.1) is 34.7 Å². The molecule has 7 nitrogen and oxygen atoms in total. The van der Waals surface area contributed by atoms with Gasteiger partial charge in [-0.15, -0.1) is 0 Å². The molecule has 0 fully saturated rings. The van der Waals surface area contributed by atoms with Gasteiger partial charge in [-0.1, -0.05) is 35.9 Å². The number of aliphatic hydroxyl groups is 1. The molecule has 0 radical (unpaired) electrons. The fraction of sp³-hybridized carbons (Fsp3) is 0.200. The van der Waals surface area contributed by atoms with Gasteiger partial charge in [-0.2, -0.15) is 0 Å². The van der Waals surface area contributed by atoms with E-state index < -0.39 is 11.4 Å². The van der Waals surface area contributed by atoms with Crippen LogP contribution in [0.1, 0.15) is 18.1 Å². The zero-order valence-corrected chi connectivity index (χ0v) is 16.3. The maximum absolute atomic E-state index is 14.6. The zero-order valence-electron chi connectivity index (χ0n) is 15.5. The van der Waals surface area contributed by atoms with Crippen molar-refractivity contribution in [1.82, 2.24) is 14.5 Å². The van der Waals surface area contributed by atoms with Gasteiger partial charge >= 0.3 is 0 Å². The number of nitrogens with one attached hydrogen (secondary N) is 3. The Morgan fingerprint density at radius 2 is 2.14 bits per heavy atom. The van der Waals surface area contributed by atoms with Crippen LogP contribution >= 0.6 is 11.6 Å². The number of hydrogen-bond donors (Lipinski definition) is 4. The highest BCUT2D eigenvalue weighted by Gasteiger charge is 2.31. The first-order valence-electron chi connectivity index (χ1n) is 8.91. The van der Waals surface area contributed by atoms with E-state index in [0.29, 0.717) is 18.0 Å². The third-order valence-electron chi connectivity index (χ3n) is 4.87. The number of hydrogen-bond acceptors (Lipinski definition) is 5. The molecule has 9 heteroatoms. The number of aromatic nitrogens is 3. The molecule has 0 bridgehead atoms. The molecule has 4 N–H and O–H groups in total. The van der Waals surface area contributed by atoms with Crippen LogP contribution in [0.4, 0.5) is 10.3 Å². The molecule has 0 amide bonds. The molecule has 0 saturated carbocycles. The number of halogens is 2. The van der Waals surface area contributed by atoms with Crippen LogP contribution in [0.25, 0.3) is 11.0 Å². The third kappa shape index (κ3) is 3.52. The van der Waals surface area contributed by atoms with Gasteiger partial charge in [0.1, 0.15) is 12.1 Å². The average Bonchev–Trinajstić information content (AvgIpc) is 3.30. The largest absolute Gasteiger partial charge is 0.432 e. The molecule has 0 saturated heterocycles. The van der Waals surface area contributed by atoms with E-state index >= 15 is 0 Å². The summed E-state index contributed by atoms with van der Waals surface area (Å²) in [5.74, 6) is -0.207. The van der Waals surface area contributed by atoms with Crippen LogP contribution in [-0.4, -0.2) is 26.2 Å². The summed E-state index contributed by atoms with van der Waals surface area (Å²) in [6, 6.07) is 10.3. The number of benzene rings is 2. The smallest absolute Gasteiger partial charge is 0.293 e. The first kappa shape index (κ1) is 19.2. The van der Waals surface area contributed by atoms with Gasteiger partial charge in [-0.05, 0) is 24.6 Å². The van der Waals surface area contributed by atoms with Crippen molar-refractivity contribution >= 4 is 28.6 Å². The Balaban J connectivity index is 1.71. The monoisotopic (exact) mass is 415 g/mol. The SMILES string of the molecule is CC(CO)(Nc1nc2c(Cn3ccoc3=N)cccc2[nH]1)c1cccc(Cl)c1F. The van der Waals surface area contributed by atoms with E-state index in [0.717, 1.165) is 11.1 Å². The molecule has 2 aromatic carbocycles. The second-order valence-electron chi connectivity index (χ2n) is 6.95. The van der Waals surface area contributed by atoms with Gasteiger partial charge in [0.2, 0.25) is 5.95 Å². The molecule has 1 unspecified atom stereocenters. The molecule has 0 aliphatic rings. The molecule has 2 aromatic heterocycles. The molecule has 2 heterocycles. The Morgan fingerprint density at radius 3 is 2.86 bits per heavy atom. The molecule has 4 rings (SSSR count). The van der Waals surface area contributed by atoms with E-state index in [-0.39, 0.29) is 22.9 Å². The number of H-pyrrole nitrogens is 1. The van der Waals surface area contributed by atoms with Crippen LogP contribution in [0.2, 0.25) is 5.02 Å². The van der Waals surface area contributed by atoms with Crippen LogP contribution in [-0.2, 0) is 12.1 Å². The Labute approximate surface area is 170 Å². The van der Waals surface area contributed by atoms with Gasteiger partial charge in [-0.3, -0.25) is 9.98 Å². The highest BCUT2D eigenvalue weighted by molar-refractivity contribution is 6.30. The Morgan fingerprint density at radius 1 is 1.34 bits per heavy atom. The van der Waals surface area contributed by atoms with Crippen molar-refractivity contribution in [2.45, 2.75) is 19.0 Å². The molecular weight excluding hydrogens is 397 g/mol. The number of oxazole rings is 1. The normalized spacial score (nSPS) is 13.5. The van der Waals surface area contributed by atoms with Crippen molar-refractivity contribution in [3.63, 3.8) is 0 Å². The summed E-state index contributed by atoms with van der Waals surface area (Å²) in [5, 5.41) is 20.9. The van der Waals surface area contributed by atoms with Crippen LogP contribution < -0.4 is 11.0 Å². The van der Waals surface area contributed by atoms with Crippen LogP contribution in [0.5, 0.6) is 0 Å². The highest BCUT2D eigenvalue weighted by Crippen LogP contribution is 2.31. The minimum absolute atomic E-state index is 0.0146. The summed E-state index contributed by atoms with van der Waals surface area (Å²) in [7, 11) is 0. The summed E-state index contributed by atoms with van der Waals surface area (Å²) >= 11 is 5.91. The number of nitrogens with zero attached hydrogens (tertiary/aromatic N) is 2. The number of fused-ring (bicyclic) bond motifs is 1. The predicted octanol–water partition coefficient (Wildman–Crippen LogP) is 3.60. The second kappa shape index (κ2) is 7.38. The standard InChI is InChI=1S/C20H19ClFN5O2/c1-20(11-28,13-5-3-6-14(21)16(13)22)26-19-24-15-7-2-4-12(17(15)25-19)10-27-8-9-29-18(27)23/h2-9,23,28H,10-11H2,1H3,(H2,24,25,26). The number of aliphatic hydroxyl groups excluding tert-OH is 1. The summed E-state index contributed by atoms with van der Waals surface area (Å²) < 4.78 is 21.2. The van der Waals surface area contributed by atoms with Crippen molar-refractivity contribution in [3.8, 4) is 0 Å². The molecule has 0 spiro atoms. The van der Waals surface area contributed by atoms with Crippen LogP contribution in [0.15, 0.2) is 53.3 Å². The Bertz CT molecular complexity index is 1230. The van der Waals surface area contributed by atoms with Crippen molar-refractivity contribution in [3.05, 3.63) is 76.5 Å². The number of rotatable bonds is 6. The third-order valence-corrected chi connectivity index (χ3v) is 5.17. The number of aromatic amines is 1. The molecular formula is C20H19ClFN5O2. The lowest BCUT2D eigenvalue weighted by molar-refractivity contribution is 0.220. The average molecular weight is 416 g/mol. The zero-order chi connectivity index (χ0) is 20.6. The lowest BCUT2D eigenvalue weighted by atomic mass is 9.92. The van der Waals surface area contributed by atoms with Gasteiger partial charge < -0.3 is 19.8 Å². The molecule has 0 aliphatic carbocycles. The van der Waals surface area contributed by atoms with E-state index in [4.69, 9.17) is 21.4 Å². The molecule has 150 valence electrons. The topological polar surface area (TPSA) is 103 Å². The number of imidazole rings is 1. The van der Waals surface area contributed by atoms with Gasteiger partial charge in [0.15, 0.2) is 0 Å². The second-order valence-corrected chi connectivity index (χ2v) is 7.36. The minimum Gasteiger partial charge on any atom is -0.432 e. The van der Waals surface area contributed by atoms with Crippen molar-refractivity contribution in [1.29, 1.82) is 5.41 Å². The first-order valence-corrected chi connectivity index (χ1v) is 9.29. The van der Waals surface area contributed by atoms with Gasteiger partial charge in [0, 0.05) is 11.8 Å². The molecule has 29 heavy (non-hydrogen) atoms. The van der Waals surface area contributed by atoms with Gasteiger partial charge in [-0.25, -0.2) is 9.37 Å². The fourth-order valence-electron chi connectivity index (χ4n) is 3.27.